The van der Waals surface area contributed by atoms with Gasteiger partial charge in [0.25, 0.3) is 0 Å². The zero-order valence-corrected chi connectivity index (χ0v) is 15.3. The van der Waals surface area contributed by atoms with E-state index in [1.807, 2.05) is 0 Å². The van der Waals surface area contributed by atoms with Crippen LogP contribution in [0.5, 0.6) is 0 Å². The van der Waals surface area contributed by atoms with E-state index in [9.17, 15) is 18.0 Å². The van der Waals surface area contributed by atoms with Crippen LogP contribution in [0.15, 0.2) is 24.3 Å². The third-order valence-electron chi connectivity index (χ3n) is 3.17. The molecule has 0 unspecified atom stereocenters. The minimum absolute atomic E-state index is 0.0354. The van der Waals surface area contributed by atoms with Crippen molar-refractivity contribution in [3.63, 3.8) is 0 Å². The van der Waals surface area contributed by atoms with Gasteiger partial charge in [0, 0.05) is 25.3 Å². The number of hydrogen-bond acceptors (Lipinski definition) is 5. The molecule has 0 aliphatic rings. The van der Waals surface area contributed by atoms with Gasteiger partial charge in [0.1, 0.15) is 6.54 Å². The highest BCUT2D eigenvalue weighted by molar-refractivity contribution is 7.89. The van der Waals surface area contributed by atoms with Gasteiger partial charge >= 0.3 is 5.97 Å². The Kier molecular flexibility index (Phi) is 8.84. The molecular formula is C15H21ClN2O6S. The van der Waals surface area contributed by atoms with Crippen LogP contribution in [0.25, 0.3) is 0 Å². The zero-order valence-electron chi connectivity index (χ0n) is 13.8. The summed E-state index contributed by atoms with van der Waals surface area (Å²) in [6, 6.07) is 6.58. The van der Waals surface area contributed by atoms with Gasteiger partial charge in [-0.2, -0.15) is 0 Å². The number of aliphatic carboxylic acids is 1. The van der Waals surface area contributed by atoms with Crippen LogP contribution >= 0.6 is 11.6 Å². The molecule has 0 radical (unpaired) electrons. The van der Waals surface area contributed by atoms with Gasteiger partial charge in [-0.1, -0.05) is 23.7 Å². The third kappa shape index (κ3) is 8.82. The van der Waals surface area contributed by atoms with Gasteiger partial charge in [-0.3, -0.25) is 9.59 Å². The molecule has 0 bridgehead atoms. The number of ether oxygens (including phenoxy) is 1. The molecule has 10 heteroatoms. The number of carboxylic acids is 1. The zero-order chi connectivity index (χ0) is 18.9. The molecule has 0 aromatic heterocycles. The molecule has 1 aromatic rings. The van der Waals surface area contributed by atoms with Crippen molar-refractivity contribution in [3.05, 3.63) is 34.9 Å². The third-order valence-corrected chi connectivity index (χ3v) is 4.83. The van der Waals surface area contributed by atoms with Gasteiger partial charge in [-0.15, -0.1) is 0 Å². The fraction of sp³-hybridized carbons (Fsp3) is 0.467. The van der Waals surface area contributed by atoms with Crippen LogP contribution in [0.3, 0.4) is 0 Å². The second-order valence-corrected chi connectivity index (χ2v) is 7.62. The molecule has 1 amide bonds. The van der Waals surface area contributed by atoms with Gasteiger partial charge < -0.3 is 14.7 Å². The Hall–Kier alpha value is -1.68. The topological polar surface area (TPSA) is 113 Å². The first-order valence-electron chi connectivity index (χ1n) is 7.44. The normalized spacial score (nSPS) is 11.3. The summed E-state index contributed by atoms with van der Waals surface area (Å²) in [6.07, 6.45) is 0.295. The van der Waals surface area contributed by atoms with E-state index in [-0.39, 0.29) is 18.9 Å². The average Bonchev–Trinajstić information content (AvgIpc) is 2.54. The van der Waals surface area contributed by atoms with E-state index >= 15 is 0 Å². The van der Waals surface area contributed by atoms with Crippen LogP contribution < -0.4 is 4.72 Å². The van der Waals surface area contributed by atoms with E-state index in [4.69, 9.17) is 21.4 Å². The summed E-state index contributed by atoms with van der Waals surface area (Å²) in [5.41, 5.74) is 0.682. The van der Waals surface area contributed by atoms with Crippen molar-refractivity contribution in [2.75, 3.05) is 32.6 Å². The van der Waals surface area contributed by atoms with E-state index < -0.39 is 35.0 Å². The lowest BCUT2D eigenvalue weighted by atomic mass is 10.2. The van der Waals surface area contributed by atoms with Crippen molar-refractivity contribution in [1.82, 2.24) is 9.62 Å². The monoisotopic (exact) mass is 392 g/mol. The molecule has 0 aliphatic heterocycles. The number of methoxy groups -OCH3 is 1. The number of sulfonamides is 1. The quantitative estimate of drug-likeness (QED) is 0.536. The molecule has 0 spiro atoms. The van der Waals surface area contributed by atoms with Gasteiger partial charge in [0.15, 0.2) is 0 Å². The number of rotatable bonds is 11. The molecule has 1 aromatic carbocycles. The van der Waals surface area contributed by atoms with E-state index in [0.717, 1.165) is 4.90 Å². The first-order chi connectivity index (χ1) is 11.7. The van der Waals surface area contributed by atoms with Gasteiger partial charge in [0.05, 0.1) is 12.3 Å². The number of nitrogens with zero attached hydrogens (tertiary/aromatic N) is 1. The van der Waals surface area contributed by atoms with Crippen LogP contribution in [-0.4, -0.2) is 62.9 Å². The summed E-state index contributed by atoms with van der Waals surface area (Å²) in [5.74, 6) is -2.00. The standard InChI is InChI=1S/C15H21ClN2O6S/c1-24-7-2-8-25(22,23)17-9-14(19)18(11-15(20)21)10-12-3-5-13(16)6-4-12/h3-6,17H,2,7-11H2,1H3,(H,20,21). The summed E-state index contributed by atoms with van der Waals surface area (Å²) in [5, 5.41) is 9.48. The van der Waals surface area contributed by atoms with Gasteiger partial charge in [0.2, 0.25) is 15.9 Å². The van der Waals surface area contributed by atoms with Crippen molar-refractivity contribution in [1.29, 1.82) is 0 Å². The van der Waals surface area contributed by atoms with Gasteiger partial charge in [-0.25, -0.2) is 13.1 Å². The Morgan fingerprint density at radius 2 is 1.92 bits per heavy atom. The molecule has 0 heterocycles. The Morgan fingerprint density at radius 1 is 1.28 bits per heavy atom. The van der Waals surface area contributed by atoms with E-state index in [2.05, 4.69) is 4.72 Å². The smallest absolute Gasteiger partial charge is 0.323 e. The number of carbonyl (C=O) groups is 2. The van der Waals surface area contributed by atoms with Crippen LogP contribution in [0.1, 0.15) is 12.0 Å². The maximum atomic E-state index is 12.2. The molecule has 2 N–H and O–H groups in total. The lowest BCUT2D eigenvalue weighted by molar-refractivity contribution is -0.144. The second kappa shape index (κ2) is 10.3. The van der Waals surface area contributed by atoms with E-state index in [0.29, 0.717) is 17.0 Å². The maximum Gasteiger partial charge on any atom is 0.323 e. The molecular weight excluding hydrogens is 372 g/mol. The van der Waals surface area contributed by atoms with E-state index in [1.165, 1.54) is 7.11 Å². The number of halogens is 1. The molecule has 0 saturated carbocycles. The highest BCUT2D eigenvalue weighted by Gasteiger charge is 2.19. The Labute approximate surface area is 151 Å². The second-order valence-electron chi connectivity index (χ2n) is 5.26. The molecule has 1 rings (SSSR count). The summed E-state index contributed by atoms with van der Waals surface area (Å²) < 4.78 is 30.5. The van der Waals surface area contributed by atoms with Crippen LogP contribution in [0, 0.1) is 0 Å². The van der Waals surface area contributed by atoms with Crippen LogP contribution in [0.4, 0.5) is 0 Å². The van der Waals surface area contributed by atoms with Crippen molar-refractivity contribution >= 4 is 33.5 Å². The average molecular weight is 393 g/mol. The first kappa shape index (κ1) is 21.4. The molecule has 0 fully saturated rings. The highest BCUT2D eigenvalue weighted by atomic mass is 35.5. The van der Waals surface area contributed by atoms with Crippen molar-refractivity contribution < 1.29 is 27.9 Å². The summed E-state index contributed by atoms with van der Waals surface area (Å²) in [4.78, 5) is 24.2. The van der Waals surface area contributed by atoms with Crippen molar-refractivity contribution in [2.45, 2.75) is 13.0 Å². The predicted molar refractivity (Wildman–Crippen MR) is 92.8 cm³/mol. The summed E-state index contributed by atoms with van der Waals surface area (Å²) in [7, 11) is -2.17. The predicted octanol–water partition coefficient (Wildman–Crippen LogP) is 0.709. The van der Waals surface area contributed by atoms with Gasteiger partial charge in [-0.05, 0) is 24.1 Å². The fourth-order valence-corrected chi connectivity index (χ4v) is 3.07. The lowest BCUT2D eigenvalue weighted by Crippen LogP contribution is -2.42. The largest absolute Gasteiger partial charge is 0.480 e. The minimum Gasteiger partial charge on any atom is -0.480 e. The number of nitrogens with one attached hydrogen (secondary N) is 1. The Bertz CT molecular complexity index is 678. The Balaban J connectivity index is 2.67. The molecule has 0 atom stereocenters. The highest BCUT2D eigenvalue weighted by Crippen LogP contribution is 2.11. The minimum atomic E-state index is -3.63. The number of hydrogen-bond donors (Lipinski definition) is 2. The fourth-order valence-electron chi connectivity index (χ4n) is 1.95. The van der Waals surface area contributed by atoms with Crippen LogP contribution in [0.2, 0.25) is 5.02 Å². The number of carbonyl (C=O) groups excluding carboxylic acids is 1. The van der Waals surface area contributed by atoms with Crippen LogP contribution in [-0.2, 0) is 30.9 Å². The summed E-state index contributed by atoms with van der Waals surface area (Å²) in [6.45, 7) is -0.715. The Morgan fingerprint density at radius 3 is 2.48 bits per heavy atom. The molecule has 25 heavy (non-hydrogen) atoms. The molecule has 0 saturated heterocycles. The number of amides is 1. The van der Waals surface area contributed by atoms with E-state index in [1.54, 1.807) is 24.3 Å². The van der Waals surface area contributed by atoms with Crippen molar-refractivity contribution in [3.8, 4) is 0 Å². The summed E-state index contributed by atoms with van der Waals surface area (Å²) >= 11 is 5.79. The molecule has 140 valence electrons. The van der Waals surface area contributed by atoms with Crippen molar-refractivity contribution in [2.24, 2.45) is 0 Å². The molecule has 0 aliphatic carbocycles. The number of carboxylic acid groups (broad SMARTS) is 1. The maximum absolute atomic E-state index is 12.2. The lowest BCUT2D eigenvalue weighted by Gasteiger charge is -2.21. The first-order valence-corrected chi connectivity index (χ1v) is 9.47. The molecule has 8 nitrogen and oxygen atoms in total. The SMILES string of the molecule is COCCCS(=O)(=O)NCC(=O)N(CC(=O)O)Cc1ccc(Cl)cc1. The number of benzene rings is 1.